The van der Waals surface area contributed by atoms with Crippen LogP contribution >= 0.6 is 22.6 Å². The van der Waals surface area contributed by atoms with E-state index in [-0.39, 0.29) is 11.7 Å². The first-order valence-corrected chi connectivity index (χ1v) is 7.88. The third-order valence-electron chi connectivity index (χ3n) is 4.17. The van der Waals surface area contributed by atoms with Gasteiger partial charge in [-0.1, -0.05) is 30.3 Å². The molecule has 0 saturated heterocycles. The molecule has 0 bridgehead atoms. The maximum absolute atomic E-state index is 12.8. The number of carbonyl (C=O) groups excluding carboxylic acids is 1. The van der Waals surface area contributed by atoms with E-state index in [0.717, 1.165) is 14.7 Å². The fourth-order valence-electron chi connectivity index (χ4n) is 2.82. The summed E-state index contributed by atoms with van der Waals surface area (Å²) in [5.41, 5.74) is 2.03. The van der Waals surface area contributed by atoms with Gasteiger partial charge in [0.05, 0.1) is 17.6 Å². The Labute approximate surface area is 137 Å². The lowest BCUT2D eigenvalue weighted by Crippen LogP contribution is -2.41. The van der Waals surface area contributed by atoms with Crippen LogP contribution in [0.15, 0.2) is 42.5 Å². The Morgan fingerprint density at radius 1 is 1.14 bits per heavy atom. The van der Waals surface area contributed by atoms with E-state index < -0.39 is 5.54 Å². The number of nitrogens with zero attached hydrogens (tertiary/aromatic N) is 1. The second kappa shape index (κ2) is 5.02. The second-order valence-electron chi connectivity index (χ2n) is 5.74. The number of aromatic hydroxyl groups is 1. The first-order valence-electron chi connectivity index (χ1n) is 6.81. The maximum atomic E-state index is 12.8. The van der Waals surface area contributed by atoms with Crippen LogP contribution < -0.4 is 0 Å². The van der Waals surface area contributed by atoms with Crippen molar-refractivity contribution in [2.75, 3.05) is 0 Å². The third kappa shape index (κ3) is 2.21. The Hall–Kier alpha value is -1.56. The van der Waals surface area contributed by atoms with Gasteiger partial charge in [0.25, 0.3) is 5.91 Å². The van der Waals surface area contributed by atoms with Gasteiger partial charge in [0, 0.05) is 9.13 Å². The van der Waals surface area contributed by atoms with Gasteiger partial charge in [0.15, 0.2) is 0 Å². The van der Waals surface area contributed by atoms with Crippen LogP contribution in [0.1, 0.15) is 35.3 Å². The van der Waals surface area contributed by atoms with E-state index in [9.17, 15) is 9.90 Å². The molecule has 3 nitrogen and oxygen atoms in total. The summed E-state index contributed by atoms with van der Waals surface area (Å²) >= 11 is 2.15. The summed E-state index contributed by atoms with van der Waals surface area (Å²) in [7, 11) is 0. The average molecular weight is 393 g/mol. The van der Waals surface area contributed by atoms with E-state index in [1.807, 2.05) is 49.1 Å². The molecule has 1 aliphatic rings. The molecule has 0 aromatic heterocycles. The van der Waals surface area contributed by atoms with Gasteiger partial charge in [-0.3, -0.25) is 4.79 Å². The average Bonchev–Trinajstić information content (AvgIpc) is 2.84. The lowest BCUT2D eigenvalue weighted by Gasteiger charge is -2.36. The van der Waals surface area contributed by atoms with Crippen LogP contribution in [-0.2, 0) is 12.1 Å². The van der Waals surface area contributed by atoms with Gasteiger partial charge < -0.3 is 10.0 Å². The van der Waals surface area contributed by atoms with E-state index in [1.165, 1.54) is 0 Å². The fraction of sp³-hybridized carbons (Fsp3) is 0.235. The summed E-state index contributed by atoms with van der Waals surface area (Å²) in [6.07, 6.45) is 0. The van der Waals surface area contributed by atoms with Crippen LogP contribution in [0.3, 0.4) is 0 Å². The van der Waals surface area contributed by atoms with Crippen LogP contribution in [0.4, 0.5) is 0 Å². The predicted octanol–water partition coefficient (Wildman–Crippen LogP) is 3.89. The normalized spacial score (nSPS) is 14.4. The number of phenolic OH excluding ortho intramolecular Hbond substituents is 1. The molecule has 108 valence electrons. The highest BCUT2D eigenvalue weighted by molar-refractivity contribution is 14.1. The first kappa shape index (κ1) is 14.4. The number of hydrogen-bond donors (Lipinski definition) is 1. The van der Waals surface area contributed by atoms with Crippen molar-refractivity contribution in [3.8, 4) is 5.75 Å². The molecular formula is C17H16INO2. The van der Waals surface area contributed by atoms with E-state index in [4.69, 9.17) is 0 Å². The van der Waals surface area contributed by atoms with E-state index in [2.05, 4.69) is 22.6 Å². The van der Waals surface area contributed by atoms with Crippen LogP contribution in [0, 0.1) is 3.57 Å². The lowest BCUT2D eigenvalue weighted by molar-refractivity contribution is 0.0567. The first-order chi connectivity index (χ1) is 9.93. The van der Waals surface area contributed by atoms with Crippen molar-refractivity contribution in [3.63, 3.8) is 0 Å². The van der Waals surface area contributed by atoms with E-state index in [1.54, 1.807) is 12.1 Å². The van der Waals surface area contributed by atoms with Crippen molar-refractivity contribution in [1.29, 1.82) is 0 Å². The minimum Gasteiger partial charge on any atom is -0.508 e. The van der Waals surface area contributed by atoms with Gasteiger partial charge in [-0.05, 0) is 54.1 Å². The zero-order chi connectivity index (χ0) is 15.2. The quantitative estimate of drug-likeness (QED) is 0.787. The molecule has 1 aliphatic heterocycles. The highest BCUT2D eigenvalue weighted by Crippen LogP contribution is 2.40. The summed E-state index contributed by atoms with van der Waals surface area (Å²) in [4.78, 5) is 14.6. The SMILES string of the molecule is CC(C)(c1ccccc1)N1Cc2c(O)ccc(I)c2C1=O. The van der Waals surface area contributed by atoms with Gasteiger partial charge in [-0.15, -0.1) is 0 Å². The number of phenols is 1. The molecule has 3 rings (SSSR count). The number of rotatable bonds is 2. The highest BCUT2D eigenvalue weighted by atomic mass is 127. The minimum atomic E-state index is -0.424. The van der Waals surface area contributed by atoms with E-state index >= 15 is 0 Å². The summed E-state index contributed by atoms with van der Waals surface area (Å²) in [6.45, 7) is 4.52. The Balaban J connectivity index is 2.06. The molecule has 2 aromatic carbocycles. The monoisotopic (exact) mass is 393 g/mol. The minimum absolute atomic E-state index is 0.0147. The number of benzene rings is 2. The summed E-state index contributed by atoms with van der Waals surface area (Å²) in [6, 6.07) is 13.4. The van der Waals surface area contributed by atoms with E-state index in [0.29, 0.717) is 12.1 Å². The zero-order valence-corrected chi connectivity index (χ0v) is 14.1. The molecule has 4 heteroatoms. The van der Waals surface area contributed by atoms with Crippen molar-refractivity contribution in [1.82, 2.24) is 4.90 Å². The summed E-state index contributed by atoms with van der Waals surface area (Å²) < 4.78 is 0.886. The molecular weight excluding hydrogens is 377 g/mol. The summed E-state index contributed by atoms with van der Waals surface area (Å²) in [5, 5.41) is 10.0. The highest BCUT2D eigenvalue weighted by Gasteiger charge is 2.40. The zero-order valence-electron chi connectivity index (χ0n) is 11.9. The lowest BCUT2D eigenvalue weighted by atomic mass is 9.92. The molecule has 0 spiro atoms. The molecule has 0 fully saturated rings. The van der Waals surface area contributed by atoms with Gasteiger partial charge in [0.1, 0.15) is 5.75 Å². The van der Waals surface area contributed by atoms with Crippen molar-refractivity contribution >= 4 is 28.5 Å². The predicted molar refractivity (Wildman–Crippen MR) is 90.2 cm³/mol. The van der Waals surface area contributed by atoms with Crippen molar-refractivity contribution in [3.05, 3.63) is 62.7 Å². The van der Waals surface area contributed by atoms with Crippen molar-refractivity contribution in [2.24, 2.45) is 0 Å². The van der Waals surface area contributed by atoms with Gasteiger partial charge in [-0.2, -0.15) is 0 Å². The van der Waals surface area contributed by atoms with Crippen LogP contribution in [0.2, 0.25) is 0 Å². The Bertz CT molecular complexity index is 710. The Morgan fingerprint density at radius 2 is 1.81 bits per heavy atom. The molecule has 1 amide bonds. The van der Waals surface area contributed by atoms with Crippen LogP contribution in [-0.4, -0.2) is 15.9 Å². The maximum Gasteiger partial charge on any atom is 0.256 e. The molecule has 0 aliphatic carbocycles. The fourth-order valence-corrected chi connectivity index (χ4v) is 3.55. The van der Waals surface area contributed by atoms with Crippen LogP contribution in [0.5, 0.6) is 5.75 Å². The Kier molecular flexibility index (Phi) is 3.43. The molecule has 1 N–H and O–H groups in total. The van der Waals surface area contributed by atoms with Gasteiger partial charge in [-0.25, -0.2) is 0 Å². The Morgan fingerprint density at radius 3 is 2.43 bits per heavy atom. The second-order valence-corrected chi connectivity index (χ2v) is 6.90. The number of fused-ring (bicyclic) bond motifs is 1. The number of amides is 1. The van der Waals surface area contributed by atoms with Gasteiger partial charge in [0.2, 0.25) is 0 Å². The van der Waals surface area contributed by atoms with Crippen LogP contribution in [0.25, 0.3) is 0 Å². The molecule has 2 aromatic rings. The van der Waals surface area contributed by atoms with Crippen molar-refractivity contribution < 1.29 is 9.90 Å². The summed E-state index contributed by atoms with van der Waals surface area (Å²) in [5.74, 6) is 0.185. The van der Waals surface area contributed by atoms with Gasteiger partial charge >= 0.3 is 0 Å². The van der Waals surface area contributed by atoms with Crippen molar-refractivity contribution in [2.45, 2.75) is 25.9 Å². The molecule has 0 radical (unpaired) electrons. The standard InChI is InChI=1S/C17H16INO2/c1-17(2,11-6-4-3-5-7-11)19-10-12-14(20)9-8-13(18)15(12)16(19)21/h3-9,20H,10H2,1-2H3. The number of carbonyl (C=O) groups is 1. The molecule has 0 unspecified atom stereocenters. The molecule has 21 heavy (non-hydrogen) atoms. The smallest absolute Gasteiger partial charge is 0.256 e. The number of halogens is 1. The molecule has 0 atom stereocenters. The molecule has 0 saturated carbocycles. The molecule has 1 heterocycles. The number of hydrogen-bond acceptors (Lipinski definition) is 2. The topological polar surface area (TPSA) is 40.5 Å². The third-order valence-corrected chi connectivity index (χ3v) is 5.07. The largest absolute Gasteiger partial charge is 0.508 e.